The summed E-state index contributed by atoms with van der Waals surface area (Å²) in [4.78, 5) is 11.0. The summed E-state index contributed by atoms with van der Waals surface area (Å²) >= 11 is 0. The van der Waals surface area contributed by atoms with Crippen LogP contribution in [-0.2, 0) is 9.53 Å². The number of nitrogens with two attached hydrogens (primary N) is 1. The molecule has 1 amide bonds. The zero-order valence-electron chi connectivity index (χ0n) is 8.03. The third-order valence-electron chi connectivity index (χ3n) is 2.34. The van der Waals surface area contributed by atoms with Crippen LogP contribution >= 0.6 is 0 Å². The highest BCUT2D eigenvalue weighted by Gasteiger charge is 2.28. The number of carbonyl (C=O) groups is 1. The lowest BCUT2D eigenvalue weighted by Gasteiger charge is -2.33. The number of nitrogens with zero attached hydrogens (tertiary/aromatic N) is 1. The van der Waals surface area contributed by atoms with Gasteiger partial charge in [-0.1, -0.05) is 0 Å². The monoisotopic (exact) mass is 197 g/mol. The first kappa shape index (κ1) is 11.0. The van der Waals surface area contributed by atoms with Crippen LogP contribution in [-0.4, -0.2) is 31.7 Å². The molecule has 0 aromatic heterocycles. The van der Waals surface area contributed by atoms with Gasteiger partial charge in [0.15, 0.2) is 0 Å². The molecule has 5 nitrogen and oxygen atoms in total. The molecule has 78 valence electrons. The Hall–Kier alpha value is -1.12. The molecule has 3 N–H and O–H groups in total. The number of carbonyl (C=O) groups excluding carboxylic acids is 1. The number of ether oxygens (including phenoxy) is 1. The van der Waals surface area contributed by atoms with Gasteiger partial charge in [0.2, 0.25) is 5.91 Å². The van der Waals surface area contributed by atoms with Crippen molar-refractivity contribution in [1.29, 1.82) is 5.26 Å². The van der Waals surface area contributed by atoms with Crippen LogP contribution in [0.15, 0.2) is 0 Å². The molecule has 5 heteroatoms. The van der Waals surface area contributed by atoms with Gasteiger partial charge in [-0.3, -0.25) is 4.79 Å². The normalized spacial score (nSPS) is 24.9. The first-order chi connectivity index (χ1) is 6.76. The molecular weight excluding hydrogens is 182 g/mol. The van der Waals surface area contributed by atoms with Gasteiger partial charge in [-0.25, -0.2) is 0 Å². The highest BCUT2D eigenvalue weighted by molar-refractivity contribution is 5.77. The van der Waals surface area contributed by atoms with Crippen molar-refractivity contribution < 1.29 is 9.53 Å². The summed E-state index contributed by atoms with van der Waals surface area (Å²) in [6.45, 7) is 0.780. The van der Waals surface area contributed by atoms with Crippen LogP contribution in [0, 0.1) is 17.2 Å². The summed E-state index contributed by atoms with van der Waals surface area (Å²) in [5, 5.41) is 10.6. The van der Waals surface area contributed by atoms with Crippen LogP contribution in [0.25, 0.3) is 0 Å². The Bertz CT molecular complexity index is 231. The number of rotatable bonds is 5. The highest BCUT2D eigenvalue weighted by Crippen LogP contribution is 2.28. The molecule has 14 heavy (non-hydrogen) atoms. The van der Waals surface area contributed by atoms with Crippen molar-refractivity contribution in [3.63, 3.8) is 0 Å². The van der Waals surface area contributed by atoms with Crippen LogP contribution in [0.4, 0.5) is 0 Å². The predicted octanol–water partition coefficient (Wildman–Crippen LogP) is -0.620. The molecule has 1 saturated carbocycles. The second-order valence-corrected chi connectivity index (χ2v) is 3.44. The zero-order chi connectivity index (χ0) is 10.4. The fourth-order valence-electron chi connectivity index (χ4n) is 1.39. The second kappa shape index (κ2) is 5.58. The first-order valence-electron chi connectivity index (χ1n) is 4.71. The molecule has 1 aliphatic rings. The van der Waals surface area contributed by atoms with E-state index in [2.05, 4.69) is 5.32 Å². The van der Waals surface area contributed by atoms with Crippen LogP contribution < -0.4 is 11.1 Å². The molecule has 1 rings (SSSR count). The first-order valence-corrected chi connectivity index (χ1v) is 4.71. The van der Waals surface area contributed by atoms with Gasteiger partial charge in [-0.2, -0.15) is 5.26 Å². The molecule has 0 unspecified atom stereocenters. The van der Waals surface area contributed by atoms with Crippen molar-refractivity contribution in [2.75, 3.05) is 19.7 Å². The molecule has 0 aromatic carbocycles. The molecule has 0 aliphatic heterocycles. The van der Waals surface area contributed by atoms with E-state index < -0.39 is 0 Å². The number of hydrogen-bond donors (Lipinski definition) is 2. The van der Waals surface area contributed by atoms with E-state index in [1.807, 2.05) is 6.07 Å². The van der Waals surface area contributed by atoms with Crippen LogP contribution in [0.2, 0.25) is 0 Å². The van der Waals surface area contributed by atoms with Gasteiger partial charge in [0.05, 0.1) is 12.2 Å². The molecule has 1 aliphatic carbocycles. The summed E-state index contributed by atoms with van der Waals surface area (Å²) in [6, 6.07) is 1.83. The maximum atomic E-state index is 11.0. The van der Waals surface area contributed by atoms with E-state index in [-0.39, 0.29) is 25.2 Å². The van der Waals surface area contributed by atoms with E-state index in [1.54, 1.807) is 0 Å². The summed E-state index contributed by atoms with van der Waals surface area (Å²) in [6.07, 6.45) is 2.07. The van der Waals surface area contributed by atoms with Gasteiger partial charge >= 0.3 is 0 Å². The van der Waals surface area contributed by atoms with Gasteiger partial charge in [0.1, 0.15) is 13.2 Å². The van der Waals surface area contributed by atoms with E-state index in [0.29, 0.717) is 12.5 Å². The highest BCUT2D eigenvalue weighted by atomic mass is 16.5. The second-order valence-electron chi connectivity index (χ2n) is 3.44. The van der Waals surface area contributed by atoms with E-state index in [4.69, 9.17) is 15.7 Å². The summed E-state index contributed by atoms with van der Waals surface area (Å²) < 4.78 is 5.29. The molecule has 0 saturated heterocycles. The third-order valence-corrected chi connectivity index (χ3v) is 2.34. The van der Waals surface area contributed by atoms with Gasteiger partial charge in [0.25, 0.3) is 0 Å². The Labute approximate surface area is 83.2 Å². The number of amides is 1. The largest absolute Gasteiger partial charge is 0.368 e. The Balaban J connectivity index is 1.99. The lowest BCUT2D eigenvalue weighted by molar-refractivity contribution is -0.130. The summed E-state index contributed by atoms with van der Waals surface area (Å²) in [7, 11) is 0. The van der Waals surface area contributed by atoms with Gasteiger partial charge in [0, 0.05) is 0 Å². The molecule has 0 heterocycles. The van der Waals surface area contributed by atoms with E-state index in [0.717, 1.165) is 12.8 Å². The molecule has 0 spiro atoms. The zero-order valence-corrected chi connectivity index (χ0v) is 8.03. The van der Waals surface area contributed by atoms with E-state index in [1.165, 1.54) is 0 Å². The number of nitrogens with one attached hydrogen (secondary N) is 1. The van der Waals surface area contributed by atoms with E-state index in [9.17, 15) is 4.79 Å². The van der Waals surface area contributed by atoms with Crippen LogP contribution in [0.3, 0.4) is 0 Å². The maximum Gasteiger partial charge on any atom is 0.246 e. The van der Waals surface area contributed by atoms with Crippen LogP contribution in [0.5, 0.6) is 0 Å². The molecule has 0 radical (unpaired) electrons. The Morgan fingerprint density at radius 3 is 2.93 bits per heavy atom. The lowest BCUT2D eigenvalue weighted by atomic mass is 9.82. The molecule has 0 atom stereocenters. The standard InChI is InChI=1S/C9H15N3O2/c10-1-2-12-9(13)6-14-8-3-7(4-8)5-11/h7-8H,2-6,11H2,(H,12,13). The topological polar surface area (TPSA) is 88.1 Å². The molecule has 0 bridgehead atoms. The molecule has 1 fully saturated rings. The Morgan fingerprint density at radius 1 is 1.64 bits per heavy atom. The van der Waals surface area contributed by atoms with Crippen LogP contribution in [0.1, 0.15) is 12.8 Å². The molecule has 0 aromatic rings. The quantitative estimate of drug-likeness (QED) is 0.575. The van der Waals surface area contributed by atoms with Crippen molar-refractivity contribution >= 4 is 5.91 Å². The van der Waals surface area contributed by atoms with Gasteiger partial charge in [-0.05, 0) is 25.3 Å². The average molecular weight is 197 g/mol. The minimum Gasteiger partial charge on any atom is -0.368 e. The van der Waals surface area contributed by atoms with Crippen molar-refractivity contribution in [2.45, 2.75) is 18.9 Å². The Kier molecular flexibility index (Phi) is 4.36. The number of hydrogen-bond acceptors (Lipinski definition) is 4. The summed E-state index contributed by atoms with van der Waals surface area (Å²) in [5.74, 6) is 0.324. The van der Waals surface area contributed by atoms with Gasteiger partial charge in [-0.15, -0.1) is 0 Å². The van der Waals surface area contributed by atoms with Crippen molar-refractivity contribution in [3.8, 4) is 6.07 Å². The van der Waals surface area contributed by atoms with Crippen molar-refractivity contribution in [3.05, 3.63) is 0 Å². The Morgan fingerprint density at radius 2 is 2.36 bits per heavy atom. The maximum absolute atomic E-state index is 11.0. The SMILES string of the molecule is N#CCNC(=O)COC1CC(CN)C1. The minimum atomic E-state index is -0.234. The van der Waals surface area contributed by atoms with Crippen molar-refractivity contribution in [2.24, 2.45) is 11.7 Å². The predicted molar refractivity (Wildman–Crippen MR) is 50.1 cm³/mol. The average Bonchev–Trinajstić information content (AvgIpc) is 2.12. The fourth-order valence-corrected chi connectivity index (χ4v) is 1.39. The fraction of sp³-hybridized carbons (Fsp3) is 0.778. The minimum absolute atomic E-state index is 0.0400. The van der Waals surface area contributed by atoms with Crippen molar-refractivity contribution in [1.82, 2.24) is 5.32 Å². The summed E-state index contributed by atoms with van der Waals surface area (Å²) in [5.41, 5.74) is 5.45. The van der Waals surface area contributed by atoms with E-state index >= 15 is 0 Å². The third kappa shape index (κ3) is 3.32. The molecular formula is C9H15N3O2. The lowest BCUT2D eigenvalue weighted by Crippen LogP contribution is -2.38. The smallest absolute Gasteiger partial charge is 0.246 e. The number of nitriles is 1. The van der Waals surface area contributed by atoms with Gasteiger partial charge < -0.3 is 15.8 Å².